The lowest BCUT2D eigenvalue weighted by Crippen LogP contribution is -2.44. The van der Waals surface area contributed by atoms with Crippen molar-refractivity contribution in [3.63, 3.8) is 0 Å². The van der Waals surface area contributed by atoms with Crippen molar-refractivity contribution in [2.75, 3.05) is 4.90 Å². The van der Waals surface area contributed by atoms with Crippen LogP contribution in [0.25, 0.3) is 49.7 Å². The molecule has 10 aromatic rings. The van der Waals surface area contributed by atoms with Crippen LogP contribution >= 0.6 is 0 Å². The molecule has 274 valence electrons. The fourth-order valence-corrected chi connectivity index (χ4v) is 9.54. The fourth-order valence-electron chi connectivity index (χ4n) is 9.54. The molecular formula is C56H40N2. The van der Waals surface area contributed by atoms with E-state index in [4.69, 9.17) is 0 Å². The first-order chi connectivity index (χ1) is 28.8. The number of hydrogen-bond donors (Lipinski definition) is 0. The van der Waals surface area contributed by atoms with Gasteiger partial charge in [0.1, 0.15) is 5.54 Å². The summed E-state index contributed by atoms with van der Waals surface area (Å²) in [5, 5.41) is 2.53. The Labute approximate surface area is 339 Å². The van der Waals surface area contributed by atoms with Crippen molar-refractivity contribution in [3.8, 4) is 27.9 Å². The van der Waals surface area contributed by atoms with Crippen LogP contribution in [0.2, 0.25) is 0 Å². The molecule has 2 heteroatoms. The van der Waals surface area contributed by atoms with Crippen molar-refractivity contribution in [1.82, 2.24) is 4.57 Å². The molecule has 1 aliphatic rings. The standard InChI is InChI=1S/C56H40N2/c1-5-17-42(18-6-1)43-31-33-45(34-32-43)57-54-28-16-14-26-50(54)51-36-30-41(39-55(51)57)37-40-29-35-49-48-25-13-15-27-52(48)56(53(49)38-40,44-19-7-2-8-20-44)58(46-21-9-3-10-22-46)47-23-11-4-12-24-47/h1-36,38-39H,37H2. The van der Waals surface area contributed by atoms with Gasteiger partial charge in [0.2, 0.25) is 0 Å². The van der Waals surface area contributed by atoms with Gasteiger partial charge in [0.25, 0.3) is 0 Å². The van der Waals surface area contributed by atoms with Crippen LogP contribution in [0.4, 0.5) is 11.4 Å². The molecule has 9 aromatic carbocycles. The molecule has 0 spiro atoms. The number of anilines is 2. The van der Waals surface area contributed by atoms with E-state index in [0.29, 0.717) is 0 Å². The molecule has 0 amide bonds. The molecule has 11 rings (SSSR count). The van der Waals surface area contributed by atoms with Gasteiger partial charge >= 0.3 is 0 Å². The Morgan fingerprint density at radius 3 is 1.64 bits per heavy atom. The summed E-state index contributed by atoms with van der Waals surface area (Å²) in [6.45, 7) is 0. The van der Waals surface area contributed by atoms with Gasteiger partial charge < -0.3 is 9.47 Å². The Kier molecular flexibility index (Phi) is 8.15. The average Bonchev–Trinajstić information content (AvgIpc) is 3.78. The summed E-state index contributed by atoms with van der Waals surface area (Å²) in [5.41, 5.74) is 16.6. The zero-order valence-corrected chi connectivity index (χ0v) is 32.0. The Hall–Kier alpha value is -7.42. The molecule has 0 saturated heterocycles. The van der Waals surface area contributed by atoms with E-state index in [1.165, 1.54) is 71.9 Å². The first-order valence-corrected chi connectivity index (χ1v) is 20.1. The Balaban J connectivity index is 1.08. The average molecular weight is 741 g/mol. The zero-order chi connectivity index (χ0) is 38.5. The largest absolute Gasteiger partial charge is 0.323 e. The van der Waals surface area contributed by atoms with E-state index in [1.54, 1.807) is 0 Å². The van der Waals surface area contributed by atoms with Gasteiger partial charge in [0.15, 0.2) is 0 Å². The molecule has 1 aliphatic carbocycles. The van der Waals surface area contributed by atoms with E-state index in [2.05, 4.69) is 240 Å². The van der Waals surface area contributed by atoms with Crippen LogP contribution in [0.15, 0.2) is 231 Å². The van der Waals surface area contributed by atoms with Gasteiger partial charge in [-0.3, -0.25) is 0 Å². The quantitative estimate of drug-likeness (QED) is 0.151. The number of para-hydroxylation sites is 3. The predicted octanol–water partition coefficient (Wildman–Crippen LogP) is 14.2. The first-order valence-electron chi connectivity index (χ1n) is 20.1. The Morgan fingerprint density at radius 2 is 0.914 bits per heavy atom. The smallest absolute Gasteiger partial charge is 0.122 e. The zero-order valence-electron chi connectivity index (χ0n) is 32.0. The Bertz CT molecular complexity index is 3020. The van der Waals surface area contributed by atoms with Crippen LogP contribution in [-0.2, 0) is 12.0 Å². The van der Waals surface area contributed by atoms with E-state index < -0.39 is 5.54 Å². The summed E-state index contributed by atoms with van der Waals surface area (Å²) in [6, 6.07) is 84.5. The third-order valence-corrected chi connectivity index (χ3v) is 12.0. The van der Waals surface area contributed by atoms with E-state index in [9.17, 15) is 0 Å². The van der Waals surface area contributed by atoms with E-state index in [1.807, 2.05) is 0 Å². The second-order valence-corrected chi connectivity index (χ2v) is 15.3. The van der Waals surface area contributed by atoms with Gasteiger partial charge in [0, 0.05) is 27.8 Å². The van der Waals surface area contributed by atoms with Gasteiger partial charge in [0.05, 0.1) is 11.0 Å². The molecule has 0 aliphatic heterocycles. The Morgan fingerprint density at radius 1 is 0.379 bits per heavy atom. The molecular weight excluding hydrogens is 701 g/mol. The van der Waals surface area contributed by atoms with Crippen LogP contribution in [0.1, 0.15) is 27.8 Å². The van der Waals surface area contributed by atoms with Gasteiger partial charge in [-0.15, -0.1) is 0 Å². The molecule has 0 N–H and O–H groups in total. The van der Waals surface area contributed by atoms with Crippen molar-refractivity contribution in [1.29, 1.82) is 0 Å². The topological polar surface area (TPSA) is 8.17 Å². The van der Waals surface area contributed by atoms with Gasteiger partial charge in [-0.25, -0.2) is 0 Å². The highest BCUT2D eigenvalue weighted by atomic mass is 15.2. The lowest BCUT2D eigenvalue weighted by Gasteiger charge is -2.45. The molecule has 0 radical (unpaired) electrons. The van der Waals surface area contributed by atoms with Gasteiger partial charge in [-0.2, -0.15) is 0 Å². The molecule has 0 saturated carbocycles. The lowest BCUT2D eigenvalue weighted by molar-refractivity contribution is 0.643. The van der Waals surface area contributed by atoms with Crippen molar-refractivity contribution in [3.05, 3.63) is 258 Å². The summed E-state index contributed by atoms with van der Waals surface area (Å²) in [5.74, 6) is 0. The monoisotopic (exact) mass is 740 g/mol. The van der Waals surface area contributed by atoms with E-state index >= 15 is 0 Å². The summed E-state index contributed by atoms with van der Waals surface area (Å²) < 4.78 is 2.43. The van der Waals surface area contributed by atoms with Crippen molar-refractivity contribution >= 4 is 33.2 Å². The van der Waals surface area contributed by atoms with E-state index in [-0.39, 0.29) is 0 Å². The highest BCUT2D eigenvalue weighted by molar-refractivity contribution is 6.09. The molecule has 1 aromatic heterocycles. The van der Waals surface area contributed by atoms with Crippen LogP contribution in [0, 0.1) is 0 Å². The van der Waals surface area contributed by atoms with E-state index in [0.717, 1.165) is 23.5 Å². The fraction of sp³-hybridized carbons (Fsp3) is 0.0357. The number of nitrogens with zero attached hydrogens (tertiary/aromatic N) is 2. The lowest BCUT2D eigenvalue weighted by atomic mass is 9.77. The molecule has 1 atom stereocenters. The van der Waals surface area contributed by atoms with Crippen LogP contribution in [0.5, 0.6) is 0 Å². The number of rotatable bonds is 8. The minimum atomic E-state index is -0.631. The summed E-state index contributed by atoms with van der Waals surface area (Å²) in [7, 11) is 0. The third-order valence-electron chi connectivity index (χ3n) is 12.0. The summed E-state index contributed by atoms with van der Waals surface area (Å²) in [4.78, 5) is 2.56. The van der Waals surface area contributed by atoms with Crippen LogP contribution in [0.3, 0.4) is 0 Å². The van der Waals surface area contributed by atoms with Crippen LogP contribution < -0.4 is 4.90 Å². The van der Waals surface area contributed by atoms with Crippen molar-refractivity contribution < 1.29 is 0 Å². The summed E-state index contributed by atoms with van der Waals surface area (Å²) >= 11 is 0. The third kappa shape index (κ3) is 5.41. The molecule has 2 nitrogen and oxygen atoms in total. The molecule has 1 heterocycles. The predicted molar refractivity (Wildman–Crippen MR) is 242 cm³/mol. The van der Waals surface area contributed by atoms with Crippen molar-refractivity contribution in [2.24, 2.45) is 0 Å². The van der Waals surface area contributed by atoms with Gasteiger partial charge in [-0.1, -0.05) is 182 Å². The molecule has 58 heavy (non-hydrogen) atoms. The normalized spacial score (nSPS) is 14.3. The number of hydrogen-bond acceptors (Lipinski definition) is 1. The molecule has 0 fully saturated rings. The highest BCUT2D eigenvalue weighted by Crippen LogP contribution is 2.57. The number of aromatic nitrogens is 1. The first kappa shape index (κ1) is 33.9. The SMILES string of the molecule is c1ccc(-c2ccc(-n3c4ccccc4c4ccc(Cc5ccc6c(c5)C(c5ccccc5)(N(c5ccccc5)c5ccccc5)c5ccccc5-6)cc43)cc2)cc1. The second kappa shape index (κ2) is 14.0. The minimum Gasteiger partial charge on any atom is -0.323 e. The molecule has 1 unspecified atom stereocenters. The maximum absolute atomic E-state index is 2.56. The summed E-state index contributed by atoms with van der Waals surface area (Å²) in [6.07, 6.45) is 0.801. The second-order valence-electron chi connectivity index (χ2n) is 15.3. The van der Waals surface area contributed by atoms with Crippen LogP contribution in [-0.4, -0.2) is 4.57 Å². The van der Waals surface area contributed by atoms with Gasteiger partial charge in [-0.05, 0) is 105 Å². The number of fused-ring (bicyclic) bond motifs is 6. The number of benzene rings is 9. The minimum absolute atomic E-state index is 0.631. The maximum atomic E-state index is 2.56. The molecule has 0 bridgehead atoms. The van der Waals surface area contributed by atoms with Crippen molar-refractivity contribution in [2.45, 2.75) is 12.0 Å². The highest BCUT2D eigenvalue weighted by Gasteiger charge is 2.50. The maximum Gasteiger partial charge on any atom is 0.122 e.